The summed E-state index contributed by atoms with van der Waals surface area (Å²) >= 11 is 0. The number of carbonyl (C=O) groups excluding carboxylic acids is 3. The zero-order valence-corrected chi connectivity index (χ0v) is 23.1. The molecule has 4 heterocycles. The molecule has 204 valence electrons. The van der Waals surface area contributed by atoms with Gasteiger partial charge in [-0.25, -0.2) is 9.97 Å². The van der Waals surface area contributed by atoms with E-state index in [0.29, 0.717) is 40.1 Å². The van der Waals surface area contributed by atoms with Crippen LogP contribution in [0.2, 0.25) is 0 Å². The van der Waals surface area contributed by atoms with E-state index in [9.17, 15) is 14.4 Å². The fraction of sp³-hybridized carbons (Fsp3) is 0.333. The minimum atomic E-state index is -0.647. The SMILES string of the molecule is C=C/C=C\C(=NC=C)C(=O)[C@@H]1C[C@@]2(C)C[C@H]2N1C(=O)Cn1nc(C(C)=O)c2cc(-c3cnc(C)nc3)nc(C)c21. The van der Waals surface area contributed by atoms with Crippen molar-refractivity contribution in [3.8, 4) is 11.3 Å². The molecule has 40 heavy (non-hydrogen) atoms. The number of carbonyl (C=O) groups is 3. The minimum Gasteiger partial charge on any atom is -0.327 e. The van der Waals surface area contributed by atoms with Gasteiger partial charge in [0.15, 0.2) is 5.78 Å². The van der Waals surface area contributed by atoms with Crippen molar-refractivity contribution in [2.24, 2.45) is 10.4 Å². The molecule has 0 unspecified atom stereocenters. The van der Waals surface area contributed by atoms with Crippen LogP contribution in [-0.4, -0.2) is 64.9 Å². The molecular weight excluding hydrogens is 506 g/mol. The molecule has 1 amide bonds. The lowest BCUT2D eigenvalue weighted by Crippen LogP contribution is -2.46. The summed E-state index contributed by atoms with van der Waals surface area (Å²) in [6, 6.07) is 1.10. The molecule has 0 spiro atoms. The number of nitrogens with zero attached hydrogens (tertiary/aromatic N) is 7. The van der Waals surface area contributed by atoms with Gasteiger partial charge in [0.2, 0.25) is 11.7 Å². The number of likely N-dealkylation sites (tertiary alicyclic amines) is 1. The summed E-state index contributed by atoms with van der Waals surface area (Å²) in [6.45, 7) is 14.3. The van der Waals surface area contributed by atoms with E-state index in [1.807, 2.05) is 6.92 Å². The van der Waals surface area contributed by atoms with Crippen LogP contribution >= 0.6 is 0 Å². The number of aliphatic imine (C=N–C) groups is 1. The van der Waals surface area contributed by atoms with Gasteiger partial charge in [0.05, 0.1) is 22.9 Å². The van der Waals surface area contributed by atoms with Crippen LogP contribution in [0.25, 0.3) is 22.2 Å². The summed E-state index contributed by atoms with van der Waals surface area (Å²) in [6.07, 6.45) is 10.8. The van der Waals surface area contributed by atoms with Crippen LogP contribution in [0.1, 0.15) is 48.7 Å². The van der Waals surface area contributed by atoms with Gasteiger partial charge in [-0.15, -0.1) is 0 Å². The third-order valence-electron chi connectivity index (χ3n) is 7.70. The molecule has 10 heteroatoms. The van der Waals surface area contributed by atoms with Crippen molar-refractivity contribution in [3.63, 3.8) is 0 Å². The summed E-state index contributed by atoms with van der Waals surface area (Å²) in [5, 5.41) is 5.15. The molecule has 10 nitrogen and oxygen atoms in total. The van der Waals surface area contributed by atoms with Gasteiger partial charge in [-0.2, -0.15) is 5.10 Å². The predicted molar refractivity (Wildman–Crippen MR) is 152 cm³/mol. The van der Waals surface area contributed by atoms with Crippen molar-refractivity contribution in [1.29, 1.82) is 0 Å². The lowest BCUT2D eigenvalue weighted by atomic mass is 9.96. The molecule has 3 aromatic heterocycles. The Morgan fingerprint density at radius 3 is 2.55 bits per heavy atom. The molecule has 1 aliphatic heterocycles. The molecule has 2 fully saturated rings. The van der Waals surface area contributed by atoms with Crippen LogP contribution in [0.4, 0.5) is 0 Å². The van der Waals surface area contributed by atoms with E-state index in [2.05, 4.69) is 40.1 Å². The zero-order valence-electron chi connectivity index (χ0n) is 23.1. The van der Waals surface area contributed by atoms with Crippen molar-refractivity contribution in [3.05, 3.63) is 73.3 Å². The number of aromatic nitrogens is 5. The zero-order chi connectivity index (χ0) is 28.8. The number of aryl methyl sites for hydroxylation is 2. The number of amides is 1. The van der Waals surface area contributed by atoms with Gasteiger partial charge in [-0.3, -0.25) is 29.0 Å². The first-order chi connectivity index (χ1) is 19.1. The van der Waals surface area contributed by atoms with E-state index in [1.165, 1.54) is 17.8 Å². The first-order valence-corrected chi connectivity index (χ1v) is 13.1. The average molecular weight is 538 g/mol. The standard InChI is InChI=1S/C30H31N7O3/c1-7-9-10-22(31-8-2)29(40)24-12-30(6)13-25(30)37(24)26(39)16-36-28-17(3)34-23(20-14-32-19(5)33-15-20)11-21(28)27(35-36)18(4)38/h7-11,14-15,24-25H,1-2,12-13,16H2,3-6H3/b10-9-,31-22?/t24-,25+,30-/m0/s1. The van der Waals surface area contributed by atoms with Gasteiger partial charge in [0.25, 0.3) is 0 Å². The van der Waals surface area contributed by atoms with Gasteiger partial charge in [-0.05, 0) is 44.2 Å². The van der Waals surface area contributed by atoms with Crippen molar-refractivity contribution in [2.75, 3.05) is 0 Å². The molecule has 1 saturated heterocycles. The second-order valence-corrected chi connectivity index (χ2v) is 10.6. The van der Waals surface area contributed by atoms with E-state index in [0.717, 1.165) is 6.42 Å². The number of rotatable bonds is 9. The molecule has 0 aromatic carbocycles. The number of Topliss-reactive ketones (excluding diaryl/α,β-unsaturated/α-hetero) is 2. The smallest absolute Gasteiger partial charge is 0.245 e. The first-order valence-electron chi connectivity index (χ1n) is 13.1. The molecule has 2 aliphatic rings. The molecule has 5 rings (SSSR count). The van der Waals surface area contributed by atoms with E-state index in [4.69, 9.17) is 4.98 Å². The molecular formula is C30H31N7O3. The molecule has 0 N–H and O–H groups in total. The third-order valence-corrected chi connectivity index (χ3v) is 7.70. The Morgan fingerprint density at radius 1 is 1.18 bits per heavy atom. The fourth-order valence-corrected chi connectivity index (χ4v) is 5.63. The van der Waals surface area contributed by atoms with Gasteiger partial charge in [0, 0.05) is 42.5 Å². The lowest BCUT2D eigenvalue weighted by Gasteiger charge is -2.26. The number of piperidine rings is 1. The molecule has 0 bridgehead atoms. The lowest BCUT2D eigenvalue weighted by molar-refractivity contribution is -0.137. The summed E-state index contributed by atoms with van der Waals surface area (Å²) < 4.78 is 1.53. The van der Waals surface area contributed by atoms with Crippen molar-refractivity contribution >= 4 is 34.1 Å². The summed E-state index contributed by atoms with van der Waals surface area (Å²) in [5.74, 6) is -0.0685. The first kappa shape index (κ1) is 27.0. The molecule has 3 atom stereocenters. The van der Waals surface area contributed by atoms with Crippen LogP contribution in [-0.2, 0) is 16.1 Å². The molecule has 1 saturated carbocycles. The Bertz CT molecular complexity index is 1630. The van der Waals surface area contributed by atoms with Crippen LogP contribution < -0.4 is 0 Å². The van der Waals surface area contributed by atoms with E-state index >= 15 is 0 Å². The van der Waals surface area contributed by atoms with Crippen LogP contribution in [0.5, 0.6) is 0 Å². The van der Waals surface area contributed by atoms with Gasteiger partial charge in [0.1, 0.15) is 23.8 Å². The number of fused-ring (bicyclic) bond motifs is 2. The second-order valence-electron chi connectivity index (χ2n) is 10.6. The Labute approximate surface area is 232 Å². The van der Waals surface area contributed by atoms with Crippen LogP contribution in [0.15, 0.2) is 61.0 Å². The second kappa shape index (κ2) is 10.2. The number of hydrogen-bond acceptors (Lipinski definition) is 8. The number of allylic oxidation sites excluding steroid dienone is 3. The third kappa shape index (κ3) is 4.70. The Morgan fingerprint density at radius 2 is 1.90 bits per heavy atom. The number of ketones is 2. The van der Waals surface area contributed by atoms with Crippen molar-refractivity contribution < 1.29 is 14.4 Å². The van der Waals surface area contributed by atoms with E-state index in [1.54, 1.807) is 48.5 Å². The quantitative estimate of drug-likeness (QED) is 0.230. The number of hydrogen-bond donors (Lipinski definition) is 0. The highest BCUT2D eigenvalue weighted by atomic mass is 16.2. The minimum absolute atomic E-state index is 0.0382. The average Bonchev–Trinajstić information content (AvgIpc) is 3.27. The highest BCUT2D eigenvalue weighted by Crippen LogP contribution is 2.59. The summed E-state index contributed by atoms with van der Waals surface area (Å²) in [5.41, 5.74) is 2.89. The topological polar surface area (TPSA) is 123 Å². The van der Waals surface area contributed by atoms with Gasteiger partial charge >= 0.3 is 0 Å². The molecule has 0 radical (unpaired) electrons. The van der Waals surface area contributed by atoms with Crippen molar-refractivity contribution in [1.82, 2.24) is 29.6 Å². The Balaban J connectivity index is 1.51. The summed E-state index contributed by atoms with van der Waals surface area (Å²) in [4.78, 5) is 59.0. The van der Waals surface area contributed by atoms with Crippen LogP contribution in [0.3, 0.4) is 0 Å². The molecule has 1 aliphatic carbocycles. The largest absolute Gasteiger partial charge is 0.327 e. The fourth-order valence-electron chi connectivity index (χ4n) is 5.63. The monoisotopic (exact) mass is 537 g/mol. The molecule has 3 aromatic rings. The highest BCUT2D eigenvalue weighted by molar-refractivity contribution is 6.46. The Hall–Kier alpha value is -4.60. The maximum absolute atomic E-state index is 13.9. The van der Waals surface area contributed by atoms with Crippen molar-refractivity contribution in [2.45, 2.75) is 59.2 Å². The maximum atomic E-state index is 13.9. The number of pyridine rings is 1. The van der Waals surface area contributed by atoms with E-state index in [-0.39, 0.29) is 46.9 Å². The van der Waals surface area contributed by atoms with E-state index < -0.39 is 6.04 Å². The highest BCUT2D eigenvalue weighted by Gasteiger charge is 2.64. The predicted octanol–water partition coefficient (Wildman–Crippen LogP) is 3.98. The normalized spacial score (nSPS) is 22.0. The van der Waals surface area contributed by atoms with Crippen LogP contribution in [0, 0.1) is 19.3 Å². The van der Waals surface area contributed by atoms with Gasteiger partial charge < -0.3 is 4.90 Å². The maximum Gasteiger partial charge on any atom is 0.245 e. The summed E-state index contributed by atoms with van der Waals surface area (Å²) in [7, 11) is 0. The Kier molecular flexibility index (Phi) is 6.87. The van der Waals surface area contributed by atoms with Gasteiger partial charge in [-0.1, -0.05) is 32.2 Å².